The molecule has 0 aliphatic rings. The van der Waals surface area contributed by atoms with Crippen molar-refractivity contribution in [1.82, 2.24) is 0 Å². The van der Waals surface area contributed by atoms with E-state index in [1.165, 1.54) is 0 Å². The van der Waals surface area contributed by atoms with Gasteiger partial charge in [-0.25, -0.2) is 0 Å². The van der Waals surface area contributed by atoms with Crippen LogP contribution >= 0.6 is 0 Å². The van der Waals surface area contributed by atoms with Crippen LogP contribution in [-0.4, -0.2) is 31.5 Å². The lowest BCUT2D eigenvalue weighted by Crippen LogP contribution is -2.24. The molecule has 2 N–H and O–H groups in total. The number of hydrogen-bond acceptors (Lipinski definition) is 4. The number of rotatable bonds is 7. The Morgan fingerprint density at radius 1 is 1.05 bits per heavy atom. The minimum atomic E-state index is -0.529. The van der Waals surface area contributed by atoms with Gasteiger partial charge < -0.3 is 19.9 Å². The number of para-hydroxylation sites is 1. The summed E-state index contributed by atoms with van der Waals surface area (Å²) < 4.78 is 10.6. The molecule has 0 bridgehead atoms. The Kier molecular flexibility index (Phi) is 5.41. The van der Waals surface area contributed by atoms with Gasteiger partial charge >= 0.3 is 0 Å². The molecule has 20 heavy (non-hydrogen) atoms. The number of anilines is 1. The molecule has 0 amide bonds. The summed E-state index contributed by atoms with van der Waals surface area (Å²) in [5.74, 6) is 1.55. The smallest absolute Gasteiger partial charge is 0.129 e. The Morgan fingerprint density at radius 3 is 2.55 bits per heavy atom. The fourth-order valence-corrected chi connectivity index (χ4v) is 1.78. The quantitative estimate of drug-likeness (QED) is 0.814. The van der Waals surface area contributed by atoms with Crippen LogP contribution in [0.15, 0.2) is 54.6 Å². The lowest BCUT2D eigenvalue weighted by molar-refractivity contribution is 0.0727. The molecule has 4 nitrogen and oxygen atoms in total. The van der Waals surface area contributed by atoms with Crippen molar-refractivity contribution in [3.8, 4) is 11.5 Å². The van der Waals surface area contributed by atoms with E-state index in [9.17, 15) is 5.11 Å². The minimum Gasteiger partial charge on any atom is -0.457 e. The van der Waals surface area contributed by atoms with Crippen molar-refractivity contribution < 1.29 is 14.6 Å². The largest absolute Gasteiger partial charge is 0.457 e. The fraction of sp³-hybridized carbons (Fsp3) is 0.250. The van der Waals surface area contributed by atoms with Crippen LogP contribution in [-0.2, 0) is 4.74 Å². The zero-order valence-electron chi connectivity index (χ0n) is 11.5. The Balaban J connectivity index is 1.94. The van der Waals surface area contributed by atoms with E-state index in [0.29, 0.717) is 13.2 Å². The van der Waals surface area contributed by atoms with Crippen LogP contribution in [0.3, 0.4) is 0 Å². The summed E-state index contributed by atoms with van der Waals surface area (Å²) >= 11 is 0. The van der Waals surface area contributed by atoms with Crippen molar-refractivity contribution in [3.63, 3.8) is 0 Å². The summed E-state index contributed by atoms with van der Waals surface area (Å²) in [4.78, 5) is 0. The lowest BCUT2D eigenvalue weighted by Gasteiger charge is -2.13. The standard InChI is InChI=1S/C16H19NO3/c1-19-12-14(18)11-17-13-6-5-9-16(10-13)20-15-7-3-2-4-8-15/h2-10,14,17-18H,11-12H2,1H3. The summed E-state index contributed by atoms with van der Waals surface area (Å²) in [6.45, 7) is 0.746. The van der Waals surface area contributed by atoms with Gasteiger partial charge in [-0.05, 0) is 24.3 Å². The molecule has 1 unspecified atom stereocenters. The number of ether oxygens (including phenoxy) is 2. The van der Waals surface area contributed by atoms with Crippen molar-refractivity contribution in [3.05, 3.63) is 54.6 Å². The topological polar surface area (TPSA) is 50.7 Å². The van der Waals surface area contributed by atoms with Crippen LogP contribution < -0.4 is 10.1 Å². The third-order valence-corrected chi connectivity index (χ3v) is 2.71. The molecular weight excluding hydrogens is 254 g/mol. The van der Waals surface area contributed by atoms with Gasteiger partial charge in [-0.15, -0.1) is 0 Å². The van der Waals surface area contributed by atoms with Crippen molar-refractivity contribution in [2.75, 3.05) is 25.6 Å². The predicted octanol–water partition coefficient (Wildman–Crippen LogP) is 2.90. The van der Waals surface area contributed by atoms with Gasteiger partial charge in [0, 0.05) is 25.4 Å². The van der Waals surface area contributed by atoms with Gasteiger partial charge in [0.25, 0.3) is 0 Å². The molecule has 0 fully saturated rings. The van der Waals surface area contributed by atoms with Crippen molar-refractivity contribution in [1.29, 1.82) is 0 Å². The van der Waals surface area contributed by atoms with Gasteiger partial charge in [0.1, 0.15) is 11.5 Å². The maximum atomic E-state index is 9.60. The number of benzene rings is 2. The van der Waals surface area contributed by atoms with Crippen LogP contribution in [0.1, 0.15) is 0 Å². The maximum absolute atomic E-state index is 9.60. The first-order valence-electron chi connectivity index (χ1n) is 6.52. The predicted molar refractivity (Wildman–Crippen MR) is 79.3 cm³/mol. The van der Waals surface area contributed by atoms with E-state index >= 15 is 0 Å². The van der Waals surface area contributed by atoms with Crippen LogP contribution in [0.5, 0.6) is 11.5 Å². The van der Waals surface area contributed by atoms with E-state index in [1.807, 2.05) is 54.6 Å². The summed E-state index contributed by atoms with van der Waals surface area (Å²) in [5.41, 5.74) is 0.897. The number of hydrogen-bond donors (Lipinski definition) is 2. The van der Waals surface area contributed by atoms with Gasteiger partial charge in [-0.2, -0.15) is 0 Å². The van der Waals surface area contributed by atoms with Crippen molar-refractivity contribution >= 4 is 5.69 Å². The van der Waals surface area contributed by atoms with Crippen molar-refractivity contribution in [2.45, 2.75) is 6.10 Å². The highest BCUT2D eigenvalue weighted by molar-refractivity contribution is 5.49. The molecule has 1 atom stereocenters. The third-order valence-electron chi connectivity index (χ3n) is 2.71. The van der Waals surface area contributed by atoms with Gasteiger partial charge in [0.05, 0.1) is 12.7 Å². The monoisotopic (exact) mass is 273 g/mol. The first kappa shape index (κ1) is 14.4. The highest BCUT2D eigenvalue weighted by Gasteiger charge is 2.03. The minimum absolute atomic E-state index is 0.313. The summed E-state index contributed by atoms with van der Waals surface area (Å²) in [5, 5.41) is 12.7. The highest BCUT2D eigenvalue weighted by Crippen LogP contribution is 2.23. The van der Waals surface area contributed by atoms with E-state index in [4.69, 9.17) is 9.47 Å². The second-order valence-electron chi connectivity index (χ2n) is 4.43. The summed E-state index contributed by atoms with van der Waals surface area (Å²) in [6.07, 6.45) is -0.529. The SMILES string of the molecule is COCC(O)CNc1cccc(Oc2ccccc2)c1. The molecule has 0 heterocycles. The number of nitrogens with one attached hydrogen (secondary N) is 1. The first-order valence-corrected chi connectivity index (χ1v) is 6.52. The van der Waals surface area contributed by atoms with E-state index in [1.54, 1.807) is 7.11 Å². The van der Waals surface area contributed by atoms with Crippen LogP contribution in [0, 0.1) is 0 Å². The molecule has 106 valence electrons. The normalized spacial score (nSPS) is 11.9. The molecule has 2 aromatic carbocycles. The van der Waals surface area contributed by atoms with E-state index in [-0.39, 0.29) is 0 Å². The van der Waals surface area contributed by atoms with E-state index in [0.717, 1.165) is 17.2 Å². The summed E-state index contributed by atoms with van der Waals surface area (Å²) in [6, 6.07) is 17.2. The number of aliphatic hydroxyl groups is 1. The second kappa shape index (κ2) is 7.53. The Labute approximate surface area is 119 Å². The molecule has 0 radical (unpaired) electrons. The molecule has 0 spiro atoms. The Bertz CT molecular complexity index is 516. The average molecular weight is 273 g/mol. The van der Waals surface area contributed by atoms with E-state index in [2.05, 4.69) is 5.32 Å². The third kappa shape index (κ3) is 4.57. The molecular formula is C16H19NO3. The van der Waals surface area contributed by atoms with Crippen LogP contribution in [0.2, 0.25) is 0 Å². The highest BCUT2D eigenvalue weighted by atomic mass is 16.5. The molecule has 0 saturated heterocycles. The van der Waals surface area contributed by atoms with Gasteiger partial charge in [0.15, 0.2) is 0 Å². The molecule has 0 saturated carbocycles. The van der Waals surface area contributed by atoms with Crippen LogP contribution in [0.25, 0.3) is 0 Å². The van der Waals surface area contributed by atoms with E-state index < -0.39 is 6.10 Å². The fourth-order valence-electron chi connectivity index (χ4n) is 1.78. The van der Waals surface area contributed by atoms with Gasteiger partial charge in [-0.3, -0.25) is 0 Å². The molecule has 0 aliphatic carbocycles. The molecule has 2 aromatic rings. The van der Waals surface area contributed by atoms with Gasteiger partial charge in [0.2, 0.25) is 0 Å². The van der Waals surface area contributed by atoms with Gasteiger partial charge in [-0.1, -0.05) is 24.3 Å². The lowest BCUT2D eigenvalue weighted by atomic mass is 10.2. The zero-order valence-corrected chi connectivity index (χ0v) is 11.5. The second-order valence-corrected chi connectivity index (χ2v) is 4.43. The number of aliphatic hydroxyl groups excluding tert-OH is 1. The molecule has 0 aliphatic heterocycles. The Morgan fingerprint density at radius 2 is 1.80 bits per heavy atom. The van der Waals surface area contributed by atoms with Crippen molar-refractivity contribution in [2.24, 2.45) is 0 Å². The zero-order chi connectivity index (χ0) is 14.2. The molecule has 4 heteroatoms. The average Bonchev–Trinajstić information content (AvgIpc) is 2.47. The molecule has 0 aromatic heterocycles. The maximum Gasteiger partial charge on any atom is 0.129 e. The van der Waals surface area contributed by atoms with Crippen LogP contribution in [0.4, 0.5) is 5.69 Å². The first-order chi connectivity index (χ1) is 9.78. The summed E-state index contributed by atoms with van der Waals surface area (Å²) in [7, 11) is 1.57. The number of methoxy groups -OCH3 is 1. The Hall–Kier alpha value is -2.04. The molecule has 2 rings (SSSR count).